The van der Waals surface area contributed by atoms with Gasteiger partial charge in [-0.25, -0.2) is 9.00 Å². The first-order valence-electron chi connectivity index (χ1n) is 4.66. The topological polar surface area (TPSA) is 93.5 Å². The third-order valence-electron chi connectivity index (χ3n) is 1.78. The van der Waals surface area contributed by atoms with Crippen LogP contribution in [-0.2, 0) is 9.71 Å². The Hall–Kier alpha value is -1.89. The van der Waals surface area contributed by atoms with Crippen molar-refractivity contribution < 1.29 is 13.7 Å². The van der Waals surface area contributed by atoms with Crippen LogP contribution < -0.4 is 20.5 Å². The summed E-state index contributed by atoms with van der Waals surface area (Å²) < 4.78 is 18.5. The molecule has 2 amide bonds. The van der Waals surface area contributed by atoms with Crippen molar-refractivity contribution in [3.8, 4) is 5.75 Å². The van der Waals surface area contributed by atoms with Gasteiger partial charge >= 0.3 is 6.03 Å². The minimum Gasteiger partial charge on any atom is -0.494 e. The number of anilines is 2. The Morgan fingerprint density at radius 2 is 2.18 bits per heavy atom. The number of hydrogen-bond donors (Lipinski definition) is 3. The third kappa shape index (κ3) is 4.23. The van der Waals surface area contributed by atoms with E-state index >= 15 is 0 Å². The third-order valence-corrected chi connectivity index (χ3v) is 2.40. The second-order valence-electron chi connectivity index (χ2n) is 3.52. The highest BCUT2D eigenvalue weighted by Gasteiger charge is 2.08. The van der Waals surface area contributed by atoms with Crippen LogP contribution in [-0.4, -0.2) is 29.5 Å². The molecule has 0 spiro atoms. The molecule has 4 N–H and O–H groups in total. The minimum atomic E-state index is -2.60. The molecule has 0 fully saturated rings. The van der Waals surface area contributed by atoms with Gasteiger partial charge in [-0.3, -0.25) is 4.72 Å². The molecule has 1 aromatic rings. The number of ether oxygens (including phenoxy) is 1. The highest BCUT2D eigenvalue weighted by molar-refractivity contribution is 7.98. The van der Waals surface area contributed by atoms with E-state index in [9.17, 15) is 9.00 Å². The van der Waals surface area contributed by atoms with Gasteiger partial charge in [-0.05, 0) is 18.0 Å². The van der Waals surface area contributed by atoms with Gasteiger partial charge in [-0.15, -0.1) is 0 Å². The summed E-state index contributed by atoms with van der Waals surface area (Å²) in [5, 5.41) is 2.50. The van der Waals surface area contributed by atoms with E-state index in [1.165, 1.54) is 13.4 Å². The molecule has 94 valence electrons. The normalized spacial score (nSPS) is 13.5. The number of nitrogens with two attached hydrogens (primary N) is 1. The zero-order chi connectivity index (χ0) is 13.1. The zero-order valence-corrected chi connectivity index (χ0v) is 10.5. The number of urea groups is 1. The van der Waals surface area contributed by atoms with Gasteiger partial charge in [0.25, 0.3) is 0 Å². The fourth-order valence-electron chi connectivity index (χ4n) is 1.15. The van der Waals surface area contributed by atoms with Crippen molar-refractivity contribution in [3.05, 3.63) is 18.2 Å². The van der Waals surface area contributed by atoms with Crippen LogP contribution in [0, 0.1) is 0 Å². The first-order chi connectivity index (χ1) is 7.81. The Labute approximate surface area is 100 Å². The summed E-state index contributed by atoms with van der Waals surface area (Å²) in [6, 6.07) is 4.17. The van der Waals surface area contributed by atoms with E-state index in [-0.39, 0.29) is 0 Å². The summed E-state index contributed by atoms with van der Waals surface area (Å²) in [4.78, 5) is 11.5. The lowest BCUT2D eigenvalue weighted by atomic mass is 10.2. The molecule has 0 saturated carbocycles. The maximum absolute atomic E-state index is 11.5. The lowest BCUT2D eigenvalue weighted by Gasteiger charge is -2.12. The van der Waals surface area contributed by atoms with Crippen LogP contribution in [0.2, 0.25) is 0 Å². The summed E-state index contributed by atoms with van der Waals surface area (Å²) >= 11 is 0. The SMILES string of the molecule is C=S(C)(=O)NC(=O)Nc1ccc(N)cc1OC. The number of carbonyl (C=O) groups is 1. The number of amides is 2. The lowest BCUT2D eigenvalue weighted by Crippen LogP contribution is -2.33. The van der Waals surface area contributed by atoms with Gasteiger partial charge in [0.1, 0.15) is 5.75 Å². The molecular weight excluding hydrogens is 242 g/mol. The van der Waals surface area contributed by atoms with Crippen molar-refractivity contribution in [2.45, 2.75) is 0 Å². The molecule has 0 aromatic heterocycles. The fraction of sp³-hybridized carbons (Fsp3) is 0.200. The Bertz CT molecular complexity index is 526. The molecule has 17 heavy (non-hydrogen) atoms. The average Bonchev–Trinajstić information content (AvgIpc) is 2.17. The lowest BCUT2D eigenvalue weighted by molar-refractivity contribution is 0.256. The van der Waals surface area contributed by atoms with Crippen LogP contribution in [0.15, 0.2) is 18.2 Å². The largest absolute Gasteiger partial charge is 0.494 e. The number of benzene rings is 1. The van der Waals surface area contributed by atoms with Gasteiger partial charge in [-0.1, -0.05) is 0 Å². The number of methoxy groups -OCH3 is 1. The van der Waals surface area contributed by atoms with Crippen molar-refractivity contribution >= 4 is 33.0 Å². The van der Waals surface area contributed by atoms with E-state index in [1.807, 2.05) is 0 Å². The Kier molecular flexibility index (Phi) is 3.84. The monoisotopic (exact) mass is 257 g/mol. The van der Waals surface area contributed by atoms with E-state index < -0.39 is 15.7 Å². The maximum atomic E-state index is 11.5. The number of nitrogen functional groups attached to an aromatic ring is 1. The highest BCUT2D eigenvalue weighted by Crippen LogP contribution is 2.26. The maximum Gasteiger partial charge on any atom is 0.330 e. The van der Waals surface area contributed by atoms with Gasteiger partial charge in [0.05, 0.1) is 12.8 Å². The molecule has 0 aliphatic heterocycles. The van der Waals surface area contributed by atoms with Crippen molar-refractivity contribution in [1.29, 1.82) is 0 Å². The van der Waals surface area contributed by atoms with Crippen LogP contribution in [0.25, 0.3) is 0 Å². The summed E-state index contributed by atoms with van der Waals surface area (Å²) in [5.74, 6) is 3.74. The van der Waals surface area contributed by atoms with Gasteiger partial charge < -0.3 is 15.8 Å². The minimum absolute atomic E-state index is 0.423. The van der Waals surface area contributed by atoms with Gasteiger partial charge in [0.2, 0.25) is 0 Å². The molecule has 0 bridgehead atoms. The molecule has 6 nitrogen and oxygen atoms in total. The van der Waals surface area contributed by atoms with Gasteiger partial charge in [0, 0.05) is 27.7 Å². The molecule has 0 saturated heterocycles. The van der Waals surface area contributed by atoms with Crippen LogP contribution >= 0.6 is 0 Å². The quantitative estimate of drug-likeness (QED) is 0.547. The van der Waals surface area contributed by atoms with E-state index in [0.717, 1.165) is 0 Å². The Morgan fingerprint density at radius 3 is 2.71 bits per heavy atom. The van der Waals surface area contributed by atoms with Gasteiger partial charge in [0.15, 0.2) is 0 Å². The van der Waals surface area contributed by atoms with Crippen molar-refractivity contribution in [1.82, 2.24) is 4.72 Å². The molecule has 7 heteroatoms. The number of carbonyl (C=O) groups excluding carboxylic acids is 1. The van der Waals surface area contributed by atoms with Gasteiger partial charge in [-0.2, -0.15) is 0 Å². The van der Waals surface area contributed by atoms with E-state index in [2.05, 4.69) is 15.9 Å². The van der Waals surface area contributed by atoms with Crippen molar-refractivity contribution in [2.75, 3.05) is 24.4 Å². The number of hydrogen-bond acceptors (Lipinski definition) is 4. The average molecular weight is 257 g/mol. The Morgan fingerprint density at radius 1 is 1.53 bits per heavy atom. The smallest absolute Gasteiger partial charge is 0.330 e. The second kappa shape index (κ2) is 4.96. The summed E-state index contributed by atoms with van der Waals surface area (Å²) in [6.07, 6.45) is 1.33. The number of nitrogens with one attached hydrogen (secondary N) is 2. The molecule has 1 atom stereocenters. The molecule has 0 heterocycles. The molecule has 1 aromatic carbocycles. The molecule has 0 radical (unpaired) electrons. The molecular formula is C10H15N3O3S. The van der Waals surface area contributed by atoms with Crippen molar-refractivity contribution in [2.24, 2.45) is 0 Å². The van der Waals surface area contributed by atoms with E-state index in [0.29, 0.717) is 17.1 Å². The standard InChI is InChI=1S/C10H15N3O3S/c1-16-9-6-7(11)4-5-8(9)12-10(14)13-17(2,3)15/h4-6H,2,11H2,1,3H3,(H2,12,13,14,15). The van der Waals surface area contributed by atoms with Crippen LogP contribution in [0.4, 0.5) is 16.2 Å². The fourth-order valence-corrected chi connectivity index (χ4v) is 1.60. The number of rotatable bonds is 3. The predicted molar refractivity (Wildman–Crippen MR) is 70.7 cm³/mol. The second-order valence-corrected chi connectivity index (χ2v) is 5.73. The first-order valence-corrected chi connectivity index (χ1v) is 6.80. The van der Waals surface area contributed by atoms with E-state index in [4.69, 9.17) is 10.5 Å². The zero-order valence-electron chi connectivity index (χ0n) is 9.65. The summed E-state index contributed by atoms with van der Waals surface area (Å²) in [5.41, 5.74) is 6.52. The molecule has 0 aliphatic carbocycles. The van der Waals surface area contributed by atoms with Crippen LogP contribution in [0.5, 0.6) is 5.75 Å². The van der Waals surface area contributed by atoms with Crippen molar-refractivity contribution in [3.63, 3.8) is 0 Å². The summed E-state index contributed by atoms with van der Waals surface area (Å²) in [6.45, 7) is 0. The van der Waals surface area contributed by atoms with Crippen LogP contribution in [0.3, 0.4) is 0 Å². The highest BCUT2D eigenvalue weighted by atomic mass is 32.2. The first kappa shape index (κ1) is 13.2. The molecule has 1 rings (SSSR count). The summed E-state index contributed by atoms with van der Waals surface area (Å²) in [7, 11) is -1.14. The van der Waals surface area contributed by atoms with Crippen LogP contribution in [0.1, 0.15) is 0 Å². The molecule has 1 unspecified atom stereocenters. The Balaban J connectivity index is 2.85. The molecule has 0 aliphatic rings. The predicted octanol–water partition coefficient (Wildman–Crippen LogP) is 0.660. The van der Waals surface area contributed by atoms with E-state index in [1.54, 1.807) is 18.2 Å².